The Morgan fingerprint density at radius 2 is 2.05 bits per heavy atom. The molecule has 2 N–H and O–H groups in total. The number of hydrogen-bond donors (Lipinski definition) is 1. The fraction of sp³-hybridized carbons (Fsp3) is 0.647. The van der Waals surface area contributed by atoms with Gasteiger partial charge < -0.3 is 10.6 Å². The molecule has 2 rings (SSSR count). The van der Waals surface area contributed by atoms with Gasteiger partial charge in [-0.25, -0.2) is 0 Å². The fourth-order valence-corrected chi connectivity index (χ4v) is 3.29. The highest BCUT2D eigenvalue weighted by atomic mass is 15.1. The van der Waals surface area contributed by atoms with Gasteiger partial charge in [0.25, 0.3) is 0 Å². The van der Waals surface area contributed by atoms with Crippen LogP contribution >= 0.6 is 0 Å². The highest BCUT2D eigenvalue weighted by Crippen LogP contribution is 2.33. The number of nitrogens with two attached hydrogens (primary N) is 1. The molecule has 0 spiro atoms. The van der Waals surface area contributed by atoms with E-state index in [9.17, 15) is 0 Å². The van der Waals surface area contributed by atoms with Crippen LogP contribution in [0.3, 0.4) is 0 Å². The van der Waals surface area contributed by atoms with E-state index >= 15 is 0 Å². The van der Waals surface area contributed by atoms with E-state index in [1.807, 2.05) is 0 Å². The van der Waals surface area contributed by atoms with Crippen molar-refractivity contribution in [3.8, 4) is 0 Å². The maximum Gasteiger partial charge on any atom is 0.0414 e. The topological polar surface area (TPSA) is 29.3 Å². The lowest BCUT2D eigenvalue weighted by Gasteiger charge is -2.37. The van der Waals surface area contributed by atoms with Crippen LogP contribution in [0.4, 0.5) is 5.69 Å². The maximum atomic E-state index is 6.26. The SMILES string of the molecule is CC[C@H](N)c1ccccc1N(C)C1CCCC(C)C1. The predicted molar refractivity (Wildman–Crippen MR) is 83.5 cm³/mol. The zero-order valence-electron chi connectivity index (χ0n) is 12.6. The summed E-state index contributed by atoms with van der Waals surface area (Å²) in [5.41, 5.74) is 8.89. The first-order valence-electron chi connectivity index (χ1n) is 7.70. The molecular formula is C17H28N2. The number of rotatable bonds is 4. The van der Waals surface area contributed by atoms with Gasteiger partial charge in [-0.3, -0.25) is 0 Å². The smallest absolute Gasteiger partial charge is 0.0414 e. The highest BCUT2D eigenvalue weighted by molar-refractivity contribution is 5.55. The standard InChI is InChI=1S/C17H28N2/c1-4-16(18)15-10-5-6-11-17(15)19(3)14-9-7-8-13(2)12-14/h5-6,10-11,13-14,16H,4,7-9,12,18H2,1-3H3/t13?,14?,16-/m0/s1. The van der Waals surface area contributed by atoms with Crippen LogP contribution in [0.1, 0.15) is 57.6 Å². The maximum absolute atomic E-state index is 6.26. The zero-order chi connectivity index (χ0) is 13.8. The first kappa shape index (κ1) is 14.4. The summed E-state index contributed by atoms with van der Waals surface area (Å²) >= 11 is 0. The van der Waals surface area contributed by atoms with Gasteiger partial charge >= 0.3 is 0 Å². The van der Waals surface area contributed by atoms with E-state index in [2.05, 4.69) is 50.1 Å². The van der Waals surface area contributed by atoms with Crippen molar-refractivity contribution in [2.45, 2.75) is 58.0 Å². The molecule has 1 aromatic carbocycles. The molecule has 0 amide bonds. The molecule has 1 saturated carbocycles. The van der Waals surface area contributed by atoms with Crippen LogP contribution in [0.15, 0.2) is 24.3 Å². The molecule has 0 radical (unpaired) electrons. The lowest BCUT2D eigenvalue weighted by atomic mass is 9.86. The molecule has 0 saturated heterocycles. The molecule has 19 heavy (non-hydrogen) atoms. The van der Waals surface area contributed by atoms with Gasteiger partial charge in [0.2, 0.25) is 0 Å². The third kappa shape index (κ3) is 3.30. The van der Waals surface area contributed by atoms with E-state index in [1.54, 1.807) is 0 Å². The molecule has 1 aliphatic carbocycles. The number of para-hydroxylation sites is 1. The van der Waals surface area contributed by atoms with Crippen molar-refractivity contribution in [1.29, 1.82) is 0 Å². The Labute approximate surface area is 118 Å². The van der Waals surface area contributed by atoms with Crippen LogP contribution in [-0.2, 0) is 0 Å². The molecule has 2 unspecified atom stereocenters. The Balaban J connectivity index is 2.20. The van der Waals surface area contributed by atoms with E-state index in [-0.39, 0.29) is 6.04 Å². The monoisotopic (exact) mass is 260 g/mol. The summed E-state index contributed by atoms with van der Waals surface area (Å²) < 4.78 is 0. The molecule has 1 fully saturated rings. The van der Waals surface area contributed by atoms with Crippen molar-refractivity contribution in [1.82, 2.24) is 0 Å². The second-order valence-corrected chi connectivity index (χ2v) is 6.11. The lowest BCUT2D eigenvalue weighted by Crippen LogP contribution is -2.36. The van der Waals surface area contributed by atoms with Crippen LogP contribution in [0.2, 0.25) is 0 Å². The number of benzene rings is 1. The first-order chi connectivity index (χ1) is 9.13. The van der Waals surface area contributed by atoms with Gasteiger partial charge in [0.05, 0.1) is 0 Å². The number of hydrogen-bond acceptors (Lipinski definition) is 2. The Morgan fingerprint density at radius 1 is 1.32 bits per heavy atom. The average molecular weight is 260 g/mol. The highest BCUT2D eigenvalue weighted by Gasteiger charge is 2.24. The van der Waals surface area contributed by atoms with Crippen LogP contribution in [-0.4, -0.2) is 13.1 Å². The summed E-state index contributed by atoms with van der Waals surface area (Å²) in [4.78, 5) is 2.47. The Morgan fingerprint density at radius 3 is 2.74 bits per heavy atom. The molecule has 0 heterocycles. The zero-order valence-corrected chi connectivity index (χ0v) is 12.6. The lowest BCUT2D eigenvalue weighted by molar-refractivity contribution is 0.336. The first-order valence-corrected chi connectivity index (χ1v) is 7.70. The molecule has 1 aromatic rings. The normalized spacial score (nSPS) is 25.1. The van der Waals surface area contributed by atoms with E-state index in [1.165, 1.54) is 36.9 Å². The largest absolute Gasteiger partial charge is 0.371 e. The average Bonchev–Trinajstić information content (AvgIpc) is 2.45. The fourth-order valence-electron chi connectivity index (χ4n) is 3.29. The molecule has 0 bridgehead atoms. The van der Waals surface area contributed by atoms with E-state index in [0.717, 1.165) is 12.3 Å². The van der Waals surface area contributed by atoms with Gasteiger partial charge in [-0.05, 0) is 36.8 Å². The van der Waals surface area contributed by atoms with Gasteiger partial charge in [0.1, 0.15) is 0 Å². The van der Waals surface area contributed by atoms with Crippen molar-refractivity contribution < 1.29 is 0 Å². The minimum Gasteiger partial charge on any atom is -0.371 e. The molecule has 3 atom stereocenters. The minimum atomic E-state index is 0.152. The van der Waals surface area contributed by atoms with Crippen molar-refractivity contribution in [3.05, 3.63) is 29.8 Å². The third-order valence-electron chi connectivity index (χ3n) is 4.61. The van der Waals surface area contributed by atoms with Crippen molar-refractivity contribution in [2.24, 2.45) is 11.7 Å². The van der Waals surface area contributed by atoms with Crippen molar-refractivity contribution in [2.75, 3.05) is 11.9 Å². The molecule has 0 aromatic heterocycles. The molecule has 0 aliphatic heterocycles. The van der Waals surface area contributed by atoms with E-state index in [0.29, 0.717) is 6.04 Å². The summed E-state index contributed by atoms with van der Waals surface area (Å²) in [5.74, 6) is 0.855. The van der Waals surface area contributed by atoms with Crippen molar-refractivity contribution >= 4 is 5.69 Å². The van der Waals surface area contributed by atoms with Gasteiger partial charge in [-0.2, -0.15) is 0 Å². The van der Waals surface area contributed by atoms with Gasteiger partial charge in [0.15, 0.2) is 0 Å². The van der Waals surface area contributed by atoms with Crippen LogP contribution in [0, 0.1) is 5.92 Å². The second kappa shape index (κ2) is 6.42. The summed E-state index contributed by atoms with van der Waals surface area (Å²) in [5, 5.41) is 0. The number of anilines is 1. The van der Waals surface area contributed by atoms with E-state index < -0.39 is 0 Å². The van der Waals surface area contributed by atoms with Crippen molar-refractivity contribution in [3.63, 3.8) is 0 Å². The number of nitrogens with zero attached hydrogens (tertiary/aromatic N) is 1. The second-order valence-electron chi connectivity index (χ2n) is 6.11. The molecule has 2 heteroatoms. The molecular weight excluding hydrogens is 232 g/mol. The minimum absolute atomic E-state index is 0.152. The Kier molecular flexibility index (Phi) is 4.87. The third-order valence-corrected chi connectivity index (χ3v) is 4.61. The summed E-state index contributed by atoms with van der Waals surface area (Å²) in [7, 11) is 2.24. The summed E-state index contributed by atoms with van der Waals surface area (Å²) in [6.07, 6.45) is 6.37. The summed E-state index contributed by atoms with van der Waals surface area (Å²) in [6, 6.07) is 9.47. The molecule has 2 nitrogen and oxygen atoms in total. The van der Waals surface area contributed by atoms with Crippen LogP contribution < -0.4 is 10.6 Å². The van der Waals surface area contributed by atoms with Crippen LogP contribution in [0.25, 0.3) is 0 Å². The van der Waals surface area contributed by atoms with Gasteiger partial charge in [0, 0.05) is 24.8 Å². The van der Waals surface area contributed by atoms with Gasteiger partial charge in [-0.1, -0.05) is 44.9 Å². The molecule has 1 aliphatic rings. The summed E-state index contributed by atoms with van der Waals surface area (Å²) in [6.45, 7) is 4.54. The van der Waals surface area contributed by atoms with E-state index in [4.69, 9.17) is 5.73 Å². The molecule has 106 valence electrons. The van der Waals surface area contributed by atoms with Gasteiger partial charge in [-0.15, -0.1) is 0 Å². The van der Waals surface area contributed by atoms with Crippen LogP contribution in [0.5, 0.6) is 0 Å². The predicted octanol–water partition coefficient (Wildman–Crippen LogP) is 4.11. The quantitative estimate of drug-likeness (QED) is 0.882. The Hall–Kier alpha value is -1.02. The Bertz CT molecular complexity index is 402.